The van der Waals surface area contributed by atoms with E-state index in [1.165, 1.54) is 109 Å². The highest BCUT2D eigenvalue weighted by Crippen LogP contribution is 2.18. The van der Waals surface area contributed by atoms with E-state index in [1.807, 2.05) is 54.7 Å². The smallest absolute Gasteiger partial charge is 0.306 e. The molecule has 59 heavy (non-hydrogen) atoms. The lowest BCUT2D eigenvalue weighted by molar-refractivity contribution is -0.151. The standard InChI is InChI=1S/C53H93NO5/c1-4-7-10-13-16-19-22-24-25-26-27-28-31-34-37-40-43-46-53(58)59-49(44-41-38-35-32-30-23-20-17-14-11-8-5-2)47-52(57)54-50(48-55)51(56)45-42-39-36-33-29-21-18-15-12-9-6-3/h7,10,13,16,19,22,24-28,31,49-51,55-56H,4-6,8-9,11-12,14-15,17-18,20-21,23,29-30,32-48H2,1-3H3,(H,54,57)/b10-7-,16-13+,22-19+,25-24-,27-26+,31-28+. The van der Waals surface area contributed by atoms with Crippen molar-refractivity contribution in [3.63, 3.8) is 0 Å². The summed E-state index contributed by atoms with van der Waals surface area (Å²) in [6.07, 6.45) is 58.1. The van der Waals surface area contributed by atoms with Gasteiger partial charge in [0.2, 0.25) is 5.91 Å². The predicted molar refractivity (Wildman–Crippen MR) is 255 cm³/mol. The number of unbranched alkanes of at least 4 members (excludes halogenated alkanes) is 24. The molecule has 0 heterocycles. The number of allylic oxidation sites excluding steroid dienone is 12. The van der Waals surface area contributed by atoms with Gasteiger partial charge in [0.05, 0.1) is 25.2 Å². The maximum Gasteiger partial charge on any atom is 0.306 e. The fraction of sp³-hybridized carbons (Fsp3) is 0.736. The van der Waals surface area contributed by atoms with E-state index in [1.54, 1.807) is 0 Å². The van der Waals surface area contributed by atoms with Crippen molar-refractivity contribution >= 4 is 11.9 Å². The van der Waals surface area contributed by atoms with Crippen LogP contribution in [0.3, 0.4) is 0 Å². The molecule has 0 aliphatic heterocycles. The molecule has 0 aliphatic carbocycles. The van der Waals surface area contributed by atoms with Gasteiger partial charge in [-0.1, -0.05) is 241 Å². The summed E-state index contributed by atoms with van der Waals surface area (Å²) >= 11 is 0. The maximum atomic E-state index is 13.2. The zero-order valence-electron chi connectivity index (χ0n) is 38.6. The summed E-state index contributed by atoms with van der Waals surface area (Å²) in [5.74, 6) is -0.525. The van der Waals surface area contributed by atoms with Crippen LogP contribution in [0.5, 0.6) is 0 Å². The molecule has 0 bridgehead atoms. The van der Waals surface area contributed by atoms with Crippen LogP contribution in [0.4, 0.5) is 0 Å². The normalized spacial score (nSPS) is 13.9. The number of hydrogen-bond acceptors (Lipinski definition) is 5. The van der Waals surface area contributed by atoms with Crippen molar-refractivity contribution in [1.82, 2.24) is 5.32 Å². The Morgan fingerprint density at radius 1 is 0.508 bits per heavy atom. The number of nitrogens with one attached hydrogen (secondary N) is 1. The van der Waals surface area contributed by atoms with E-state index < -0.39 is 18.2 Å². The predicted octanol–water partition coefficient (Wildman–Crippen LogP) is 14.6. The molecule has 0 aromatic carbocycles. The highest BCUT2D eigenvalue weighted by molar-refractivity contribution is 5.77. The number of carbonyl (C=O) groups is 2. The summed E-state index contributed by atoms with van der Waals surface area (Å²) in [4.78, 5) is 26.1. The molecule has 0 radical (unpaired) electrons. The molecule has 0 spiro atoms. The second kappa shape index (κ2) is 46.4. The van der Waals surface area contributed by atoms with Crippen LogP contribution in [0, 0.1) is 0 Å². The Hall–Kier alpha value is -2.70. The van der Waals surface area contributed by atoms with Crippen molar-refractivity contribution in [2.24, 2.45) is 0 Å². The first kappa shape index (κ1) is 56.3. The van der Waals surface area contributed by atoms with Crippen LogP contribution in [0.1, 0.15) is 226 Å². The van der Waals surface area contributed by atoms with E-state index in [0.29, 0.717) is 19.3 Å². The van der Waals surface area contributed by atoms with Gasteiger partial charge in [-0.05, 0) is 44.9 Å². The Balaban J connectivity index is 4.67. The average molecular weight is 824 g/mol. The van der Waals surface area contributed by atoms with Gasteiger partial charge in [-0.15, -0.1) is 0 Å². The molecule has 0 aromatic heterocycles. The molecule has 0 aliphatic rings. The summed E-state index contributed by atoms with van der Waals surface area (Å²) in [5, 5.41) is 23.7. The molecule has 0 saturated carbocycles. The molecular weight excluding hydrogens is 731 g/mol. The second-order valence-corrected chi connectivity index (χ2v) is 16.6. The van der Waals surface area contributed by atoms with E-state index >= 15 is 0 Å². The molecule has 0 saturated heterocycles. The minimum Gasteiger partial charge on any atom is -0.462 e. The molecule has 3 unspecified atom stereocenters. The van der Waals surface area contributed by atoms with Crippen LogP contribution in [0.2, 0.25) is 0 Å². The van der Waals surface area contributed by atoms with Gasteiger partial charge in [0, 0.05) is 6.42 Å². The zero-order valence-corrected chi connectivity index (χ0v) is 38.6. The van der Waals surface area contributed by atoms with Crippen LogP contribution in [-0.2, 0) is 14.3 Å². The third-order valence-electron chi connectivity index (χ3n) is 11.0. The van der Waals surface area contributed by atoms with Gasteiger partial charge in [-0.3, -0.25) is 9.59 Å². The van der Waals surface area contributed by atoms with E-state index in [-0.39, 0.29) is 24.9 Å². The van der Waals surface area contributed by atoms with E-state index in [4.69, 9.17) is 4.74 Å². The maximum absolute atomic E-state index is 13.2. The quantitative estimate of drug-likeness (QED) is 0.0323. The Bertz CT molecular complexity index is 1110. The molecule has 0 rings (SSSR count). The molecule has 1 amide bonds. The monoisotopic (exact) mass is 824 g/mol. The summed E-state index contributed by atoms with van der Waals surface area (Å²) in [5.41, 5.74) is 0. The Labute approximate surface area is 364 Å². The van der Waals surface area contributed by atoms with Gasteiger partial charge in [0.1, 0.15) is 6.10 Å². The lowest BCUT2D eigenvalue weighted by atomic mass is 10.0. The van der Waals surface area contributed by atoms with Crippen LogP contribution >= 0.6 is 0 Å². The number of carbonyl (C=O) groups excluding carboxylic acids is 2. The number of amides is 1. The number of hydrogen-bond donors (Lipinski definition) is 3. The van der Waals surface area contributed by atoms with E-state index in [0.717, 1.165) is 70.6 Å². The number of aliphatic hydroxyl groups excluding tert-OH is 2. The molecule has 3 N–H and O–H groups in total. The van der Waals surface area contributed by atoms with Crippen molar-refractivity contribution in [3.8, 4) is 0 Å². The van der Waals surface area contributed by atoms with Crippen molar-refractivity contribution in [2.75, 3.05) is 6.61 Å². The Morgan fingerprint density at radius 3 is 1.37 bits per heavy atom. The molecule has 0 aromatic rings. The van der Waals surface area contributed by atoms with Gasteiger partial charge in [-0.25, -0.2) is 0 Å². The largest absolute Gasteiger partial charge is 0.462 e. The highest BCUT2D eigenvalue weighted by atomic mass is 16.5. The van der Waals surface area contributed by atoms with Crippen molar-refractivity contribution < 1.29 is 24.5 Å². The fourth-order valence-electron chi connectivity index (χ4n) is 7.23. The molecule has 3 atom stereocenters. The van der Waals surface area contributed by atoms with Crippen LogP contribution < -0.4 is 5.32 Å². The summed E-state index contributed by atoms with van der Waals surface area (Å²) < 4.78 is 5.90. The first-order valence-electron chi connectivity index (χ1n) is 24.7. The molecule has 0 fully saturated rings. The van der Waals surface area contributed by atoms with Crippen molar-refractivity contribution in [2.45, 2.75) is 244 Å². The van der Waals surface area contributed by atoms with Crippen LogP contribution in [-0.4, -0.2) is 46.9 Å². The first-order valence-corrected chi connectivity index (χ1v) is 24.7. The summed E-state index contributed by atoms with van der Waals surface area (Å²) in [6, 6.07) is -0.711. The van der Waals surface area contributed by atoms with Crippen molar-refractivity contribution in [1.29, 1.82) is 0 Å². The number of rotatable bonds is 43. The average Bonchev–Trinajstić information content (AvgIpc) is 3.23. The third kappa shape index (κ3) is 41.8. The summed E-state index contributed by atoms with van der Waals surface area (Å²) in [7, 11) is 0. The number of esters is 1. The topological polar surface area (TPSA) is 95.9 Å². The molecular formula is C53H93NO5. The molecule has 6 nitrogen and oxygen atoms in total. The van der Waals surface area contributed by atoms with Gasteiger partial charge in [-0.2, -0.15) is 0 Å². The second-order valence-electron chi connectivity index (χ2n) is 16.6. The van der Waals surface area contributed by atoms with Crippen molar-refractivity contribution in [3.05, 3.63) is 72.9 Å². The Kier molecular flexibility index (Phi) is 44.2. The highest BCUT2D eigenvalue weighted by Gasteiger charge is 2.24. The lowest BCUT2D eigenvalue weighted by Gasteiger charge is -2.24. The van der Waals surface area contributed by atoms with Gasteiger partial charge in [0.25, 0.3) is 0 Å². The zero-order chi connectivity index (χ0) is 43.1. The van der Waals surface area contributed by atoms with Crippen LogP contribution in [0.15, 0.2) is 72.9 Å². The van der Waals surface area contributed by atoms with Gasteiger partial charge in [0.15, 0.2) is 0 Å². The SMILES string of the molecule is CC\C=C/C=C/C=C/C=C\C=C\C=C\CCCCCC(=O)OC(CCCCCCCCCCCCCC)CC(=O)NC(CO)C(O)CCCCCCCCCCCCC. The van der Waals surface area contributed by atoms with Crippen LogP contribution in [0.25, 0.3) is 0 Å². The van der Waals surface area contributed by atoms with E-state index in [9.17, 15) is 19.8 Å². The van der Waals surface area contributed by atoms with E-state index in [2.05, 4.69) is 44.3 Å². The minimum absolute atomic E-state index is 0.0584. The Morgan fingerprint density at radius 2 is 0.915 bits per heavy atom. The van der Waals surface area contributed by atoms with Gasteiger partial charge >= 0.3 is 5.97 Å². The lowest BCUT2D eigenvalue weighted by Crippen LogP contribution is -2.46. The minimum atomic E-state index is -0.796. The number of ether oxygens (including phenoxy) is 1. The molecule has 6 heteroatoms. The molecule has 340 valence electrons. The fourth-order valence-corrected chi connectivity index (χ4v) is 7.23. The summed E-state index contributed by atoms with van der Waals surface area (Å²) in [6.45, 7) is 6.31. The van der Waals surface area contributed by atoms with Gasteiger partial charge < -0.3 is 20.3 Å². The first-order chi connectivity index (χ1) is 29.0. The number of aliphatic hydroxyl groups is 2. The third-order valence-corrected chi connectivity index (χ3v) is 11.0.